The van der Waals surface area contributed by atoms with Crippen molar-refractivity contribution >= 4 is 33.7 Å². The predicted octanol–water partition coefficient (Wildman–Crippen LogP) is 3.87. The minimum atomic E-state index is -0.594. The Morgan fingerprint density at radius 1 is 0.786 bits per heavy atom. The molecule has 4 aromatic carbocycles. The predicted molar refractivity (Wildman–Crippen MR) is 108 cm³/mol. The molecule has 0 spiro atoms. The van der Waals surface area contributed by atoms with Gasteiger partial charge in [-0.2, -0.15) is 5.10 Å². The number of carbonyl (C=O) groups is 1. The van der Waals surface area contributed by atoms with E-state index in [-0.39, 0.29) is 28.4 Å². The summed E-state index contributed by atoms with van der Waals surface area (Å²) >= 11 is 0. The van der Waals surface area contributed by atoms with Gasteiger partial charge in [0.05, 0.1) is 11.8 Å². The van der Waals surface area contributed by atoms with Gasteiger partial charge in [-0.05, 0) is 40.4 Å². The Morgan fingerprint density at radius 3 is 2.29 bits per heavy atom. The van der Waals surface area contributed by atoms with Crippen LogP contribution in [-0.2, 0) is 0 Å². The van der Waals surface area contributed by atoms with Crippen LogP contribution in [0.1, 0.15) is 15.9 Å². The van der Waals surface area contributed by atoms with Crippen molar-refractivity contribution in [2.45, 2.75) is 0 Å². The van der Waals surface area contributed by atoms with Crippen LogP contribution in [0.4, 0.5) is 0 Å². The lowest BCUT2D eigenvalue weighted by molar-refractivity contribution is 0.0952. The normalized spacial score (nSPS) is 11.3. The standard InChI is InChI=1S/C22H16N2O4/c25-18-9-8-13-6-3-7-19(26)21(13)17(18)12-23-24-22(28)16-10-14-4-1-2-5-15(14)11-20(16)27/h1-12,25-27H,(H,24,28)/b23-12+. The number of fused-ring (bicyclic) bond motifs is 2. The van der Waals surface area contributed by atoms with Crippen LogP contribution < -0.4 is 5.43 Å². The fraction of sp³-hybridized carbons (Fsp3) is 0. The molecule has 138 valence electrons. The van der Waals surface area contributed by atoms with Gasteiger partial charge in [0.1, 0.15) is 17.2 Å². The Bertz CT molecular complexity index is 1250. The Balaban J connectivity index is 1.64. The molecule has 6 heteroatoms. The molecule has 0 heterocycles. The molecule has 6 nitrogen and oxygen atoms in total. The van der Waals surface area contributed by atoms with E-state index < -0.39 is 5.91 Å². The van der Waals surface area contributed by atoms with Gasteiger partial charge < -0.3 is 15.3 Å². The first-order valence-corrected chi connectivity index (χ1v) is 8.53. The van der Waals surface area contributed by atoms with E-state index in [1.807, 2.05) is 24.3 Å². The smallest absolute Gasteiger partial charge is 0.275 e. The van der Waals surface area contributed by atoms with E-state index in [4.69, 9.17) is 0 Å². The van der Waals surface area contributed by atoms with Crippen molar-refractivity contribution in [1.29, 1.82) is 0 Å². The van der Waals surface area contributed by atoms with Gasteiger partial charge in [-0.25, -0.2) is 5.43 Å². The lowest BCUT2D eigenvalue weighted by Crippen LogP contribution is -2.17. The number of carbonyl (C=O) groups excluding carboxylic acids is 1. The van der Waals surface area contributed by atoms with Gasteiger partial charge in [0.25, 0.3) is 5.91 Å². The largest absolute Gasteiger partial charge is 0.507 e. The van der Waals surface area contributed by atoms with Crippen LogP contribution in [0.15, 0.2) is 71.8 Å². The number of nitrogens with one attached hydrogen (secondary N) is 1. The third kappa shape index (κ3) is 3.07. The summed E-state index contributed by atoms with van der Waals surface area (Å²) in [4.78, 5) is 12.4. The Kier molecular flexibility index (Phi) is 4.29. The molecule has 0 aliphatic carbocycles. The average Bonchev–Trinajstić information content (AvgIpc) is 2.69. The van der Waals surface area contributed by atoms with Crippen molar-refractivity contribution in [2.75, 3.05) is 0 Å². The van der Waals surface area contributed by atoms with E-state index in [2.05, 4.69) is 10.5 Å². The van der Waals surface area contributed by atoms with E-state index in [1.165, 1.54) is 24.4 Å². The SMILES string of the molecule is O=C(N/N=C/c1c(O)ccc2cccc(O)c12)c1cc2ccccc2cc1O. The molecule has 0 saturated heterocycles. The van der Waals surface area contributed by atoms with E-state index in [1.54, 1.807) is 24.3 Å². The van der Waals surface area contributed by atoms with Gasteiger partial charge in [-0.1, -0.05) is 42.5 Å². The van der Waals surface area contributed by atoms with E-state index >= 15 is 0 Å². The van der Waals surface area contributed by atoms with Crippen LogP contribution in [0.2, 0.25) is 0 Å². The van der Waals surface area contributed by atoms with Gasteiger partial charge in [-0.3, -0.25) is 4.79 Å². The third-order valence-electron chi connectivity index (χ3n) is 4.51. The van der Waals surface area contributed by atoms with Gasteiger partial charge in [0.15, 0.2) is 0 Å². The molecule has 0 aliphatic heterocycles. The van der Waals surface area contributed by atoms with Gasteiger partial charge in [0, 0.05) is 10.9 Å². The number of hydrazone groups is 1. The second-order valence-electron chi connectivity index (χ2n) is 6.29. The summed E-state index contributed by atoms with van der Waals surface area (Å²) in [6.07, 6.45) is 1.26. The summed E-state index contributed by atoms with van der Waals surface area (Å²) in [5.41, 5.74) is 2.70. The average molecular weight is 372 g/mol. The highest BCUT2D eigenvalue weighted by atomic mass is 16.3. The zero-order valence-corrected chi connectivity index (χ0v) is 14.6. The summed E-state index contributed by atoms with van der Waals surface area (Å²) in [6.45, 7) is 0. The summed E-state index contributed by atoms with van der Waals surface area (Å²) in [5, 5.41) is 37.0. The number of nitrogens with zero attached hydrogens (tertiary/aromatic N) is 1. The maximum atomic E-state index is 12.4. The van der Waals surface area contributed by atoms with Crippen LogP contribution >= 0.6 is 0 Å². The van der Waals surface area contributed by atoms with E-state index in [9.17, 15) is 20.1 Å². The fourth-order valence-electron chi connectivity index (χ4n) is 3.13. The molecule has 0 aromatic heterocycles. The highest BCUT2D eigenvalue weighted by Crippen LogP contribution is 2.32. The third-order valence-corrected chi connectivity index (χ3v) is 4.51. The van der Waals surface area contributed by atoms with Gasteiger partial charge in [-0.15, -0.1) is 0 Å². The molecule has 0 atom stereocenters. The second kappa shape index (κ2) is 6.92. The summed E-state index contributed by atoms with van der Waals surface area (Å²) in [6, 6.07) is 18.6. The van der Waals surface area contributed by atoms with Crippen LogP contribution in [0.5, 0.6) is 17.2 Å². The quantitative estimate of drug-likeness (QED) is 0.324. The van der Waals surface area contributed by atoms with E-state index in [0.717, 1.165) is 16.2 Å². The number of rotatable bonds is 3. The molecule has 0 fully saturated rings. The van der Waals surface area contributed by atoms with Crippen LogP contribution in [0, 0.1) is 0 Å². The molecule has 1 amide bonds. The molecule has 0 saturated carbocycles. The van der Waals surface area contributed by atoms with Crippen molar-refractivity contribution in [3.05, 3.63) is 77.9 Å². The molecule has 4 rings (SSSR count). The van der Waals surface area contributed by atoms with Crippen molar-refractivity contribution in [2.24, 2.45) is 5.10 Å². The number of hydrogen-bond donors (Lipinski definition) is 4. The van der Waals surface area contributed by atoms with Crippen molar-refractivity contribution in [3.63, 3.8) is 0 Å². The number of hydrogen-bond acceptors (Lipinski definition) is 5. The molecule has 0 unspecified atom stereocenters. The van der Waals surface area contributed by atoms with Gasteiger partial charge in [0.2, 0.25) is 0 Å². The summed E-state index contributed by atoms with van der Waals surface area (Å²) < 4.78 is 0. The zero-order valence-electron chi connectivity index (χ0n) is 14.6. The van der Waals surface area contributed by atoms with Crippen LogP contribution in [-0.4, -0.2) is 27.4 Å². The molecule has 4 N–H and O–H groups in total. The highest BCUT2D eigenvalue weighted by molar-refractivity contribution is 6.06. The molecule has 28 heavy (non-hydrogen) atoms. The van der Waals surface area contributed by atoms with E-state index in [0.29, 0.717) is 5.39 Å². The van der Waals surface area contributed by atoms with Gasteiger partial charge >= 0.3 is 0 Å². The monoisotopic (exact) mass is 372 g/mol. The first-order chi connectivity index (χ1) is 13.5. The number of phenols is 3. The van der Waals surface area contributed by atoms with Crippen molar-refractivity contribution in [3.8, 4) is 17.2 Å². The van der Waals surface area contributed by atoms with Crippen LogP contribution in [0.3, 0.4) is 0 Å². The molecule has 0 radical (unpaired) electrons. The van der Waals surface area contributed by atoms with Crippen molar-refractivity contribution < 1.29 is 20.1 Å². The number of phenolic OH excluding ortho intramolecular Hbond substituents is 3. The fourth-order valence-corrected chi connectivity index (χ4v) is 3.13. The minimum absolute atomic E-state index is 0.00616. The first-order valence-electron chi connectivity index (χ1n) is 8.53. The zero-order chi connectivity index (χ0) is 19.7. The molecular formula is C22H16N2O4. The summed E-state index contributed by atoms with van der Waals surface area (Å²) in [7, 11) is 0. The Labute approximate surface area is 160 Å². The maximum Gasteiger partial charge on any atom is 0.275 e. The Morgan fingerprint density at radius 2 is 1.50 bits per heavy atom. The molecule has 4 aromatic rings. The lowest BCUT2D eigenvalue weighted by atomic mass is 10.0. The van der Waals surface area contributed by atoms with Crippen LogP contribution in [0.25, 0.3) is 21.5 Å². The first kappa shape index (κ1) is 17.4. The maximum absolute atomic E-state index is 12.4. The molecule has 0 aliphatic rings. The minimum Gasteiger partial charge on any atom is -0.507 e. The molecule has 0 bridgehead atoms. The summed E-state index contributed by atoms with van der Waals surface area (Å²) in [5.74, 6) is -0.839. The number of amides is 1. The van der Waals surface area contributed by atoms with Crippen molar-refractivity contribution in [1.82, 2.24) is 5.43 Å². The number of aromatic hydroxyl groups is 3. The lowest BCUT2D eigenvalue weighted by Gasteiger charge is -2.08. The Hall–Kier alpha value is -4.06. The highest BCUT2D eigenvalue weighted by Gasteiger charge is 2.13. The second-order valence-corrected chi connectivity index (χ2v) is 6.29. The number of benzene rings is 4. The topological polar surface area (TPSA) is 102 Å². The molecular weight excluding hydrogens is 356 g/mol.